The molecule has 1 aliphatic heterocycles. The van der Waals surface area contributed by atoms with Crippen LogP contribution in [0.5, 0.6) is 5.75 Å². The number of para-hydroxylation sites is 1. The minimum atomic E-state index is -1.78. The molecule has 0 bridgehead atoms. The number of phenolic OH excluding ortho intramolecular Hbond substituents is 1. The van der Waals surface area contributed by atoms with Crippen LogP contribution in [0.15, 0.2) is 90.1 Å². The number of carbonyl (C=O) groups is 15. The number of aliphatic imine (C=N–C) groups is 1. The van der Waals surface area contributed by atoms with Crippen LogP contribution in [0.2, 0.25) is 0 Å². The van der Waals surface area contributed by atoms with E-state index >= 15 is 0 Å². The van der Waals surface area contributed by atoms with Crippen LogP contribution in [0.1, 0.15) is 218 Å². The average Bonchev–Trinajstić information content (AvgIpc) is 1.73. The highest BCUT2D eigenvalue weighted by Crippen LogP contribution is 2.23. The summed E-state index contributed by atoms with van der Waals surface area (Å²) in [7, 11) is 1.68. The number of rotatable bonds is 63. The lowest BCUT2D eigenvalue weighted by Crippen LogP contribution is -2.61. The molecule has 1 aromatic heterocycles. The van der Waals surface area contributed by atoms with Gasteiger partial charge in [-0.05, 0) is 132 Å². The molecule has 26 N–H and O–H groups in total. The molecule has 2 heterocycles. The lowest BCUT2D eigenvalue weighted by Gasteiger charge is -2.30. The third-order valence-corrected chi connectivity index (χ3v) is 22.3. The van der Waals surface area contributed by atoms with Gasteiger partial charge in [0, 0.05) is 55.9 Å². The van der Waals surface area contributed by atoms with Crippen molar-refractivity contribution in [1.29, 1.82) is 0 Å². The highest BCUT2D eigenvalue weighted by molar-refractivity contribution is 6.00. The van der Waals surface area contributed by atoms with Crippen molar-refractivity contribution in [2.75, 3.05) is 53.0 Å². The molecule has 12 atom stereocenters. The van der Waals surface area contributed by atoms with Crippen LogP contribution in [-0.2, 0) is 91.2 Å². The molecule has 39 heteroatoms. The fraction of sp³-hybridized carbons (Fsp3) is 0.604. The number of primary amides is 1. The first-order chi connectivity index (χ1) is 62.2. The number of Topliss-reactive ketones (excluding diaryl/α,β-unsaturated/α-hetero) is 1. The molecule has 3 aromatic carbocycles. The summed E-state index contributed by atoms with van der Waals surface area (Å²) >= 11 is 0. The van der Waals surface area contributed by atoms with E-state index in [0.29, 0.717) is 88.4 Å². The molecule has 722 valence electrons. The summed E-state index contributed by atoms with van der Waals surface area (Å²) in [6.45, 7) is 6.53. The third-order valence-electron chi connectivity index (χ3n) is 22.3. The number of aliphatic hydroxyl groups excluding tert-OH is 3. The van der Waals surface area contributed by atoms with Crippen molar-refractivity contribution < 1.29 is 97.5 Å². The molecule has 0 radical (unpaired) electrons. The fourth-order valence-electron chi connectivity index (χ4n) is 14.7. The Labute approximate surface area is 760 Å². The highest BCUT2D eigenvalue weighted by Gasteiger charge is 2.41. The van der Waals surface area contributed by atoms with E-state index < -0.39 is 182 Å². The van der Waals surface area contributed by atoms with Gasteiger partial charge < -0.3 is 122 Å². The van der Waals surface area contributed by atoms with Crippen molar-refractivity contribution in [3.05, 3.63) is 102 Å². The van der Waals surface area contributed by atoms with E-state index in [2.05, 4.69) is 80.7 Å². The van der Waals surface area contributed by atoms with Crippen LogP contribution in [0, 0.1) is 5.92 Å². The molecule has 4 aromatic rings. The summed E-state index contributed by atoms with van der Waals surface area (Å²) in [5.41, 5.74) is 24.9. The number of aromatic amines is 1. The van der Waals surface area contributed by atoms with Gasteiger partial charge in [-0.3, -0.25) is 76.9 Å². The van der Waals surface area contributed by atoms with E-state index in [1.165, 1.54) is 87.5 Å². The van der Waals surface area contributed by atoms with Gasteiger partial charge in [-0.2, -0.15) is 0 Å². The number of likely N-dealkylation sites (N-methyl/N-ethyl adjacent to an activating group) is 1. The Kier molecular flexibility index (Phi) is 52.6. The number of nitrogens with zero attached hydrogens (tertiary/aromatic N) is 2. The predicted molar refractivity (Wildman–Crippen MR) is 489 cm³/mol. The zero-order valence-electron chi connectivity index (χ0n) is 76.1. The Bertz CT molecular complexity index is 4250. The van der Waals surface area contributed by atoms with Gasteiger partial charge in [-0.15, -0.1) is 0 Å². The molecule has 13 amide bonds. The first-order valence-corrected chi connectivity index (χ1v) is 45.5. The molecule has 5 rings (SSSR count). The zero-order chi connectivity index (χ0) is 96.0. The number of aliphatic carboxylic acids is 1. The summed E-state index contributed by atoms with van der Waals surface area (Å²) in [5, 5.41) is 82.4. The van der Waals surface area contributed by atoms with Gasteiger partial charge in [0.15, 0.2) is 11.7 Å². The molecule has 0 aliphatic carbocycles. The number of aromatic nitrogens is 1. The van der Waals surface area contributed by atoms with Crippen LogP contribution >= 0.6 is 0 Å². The number of guanidine groups is 1. The lowest BCUT2D eigenvalue weighted by molar-refractivity contribution is -0.142. The number of carbonyl (C=O) groups excluding carboxylic acids is 14. The number of nitrogens with two attached hydrogens (primary N) is 4. The van der Waals surface area contributed by atoms with Gasteiger partial charge in [0.2, 0.25) is 76.8 Å². The minimum absolute atomic E-state index is 0.0755. The first-order valence-electron chi connectivity index (χ1n) is 45.5. The number of aliphatic hydroxyl groups is 3. The molecule has 130 heavy (non-hydrogen) atoms. The maximum atomic E-state index is 14.1. The monoisotopic (exact) mass is 1820 g/mol. The Hall–Kier alpha value is -11.7. The summed E-state index contributed by atoms with van der Waals surface area (Å²) < 4.78 is 0. The number of hydrogen-bond acceptors (Lipinski definition) is 22. The van der Waals surface area contributed by atoms with Crippen molar-refractivity contribution in [3.63, 3.8) is 0 Å². The maximum absolute atomic E-state index is 14.1. The van der Waals surface area contributed by atoms with Crippen molar-refractivity contribution >= 4 is 105 Å². The second kappa shape index (κ2) is 61.8. The number of amides is 13. The van der Waals surface area contributed by atoms with E-state index in [1.54, 1.807) is 58.2 Å². The second-order valence-corrected chi connectivity index (χ2v) is 33.1. The number of aromatic hydroxyl groups is 1. The van der Waals surface area contributed by atoms with Crippen LogP contribution in [-0.4, -0.2) is 255 Å². The average molecular weight is 1820 g/mol. The van der Waals surface area contributed by atoms with Crippen LogP contribution in [0.3, 0.4) is 0 Å². The van der Waals surface area contributed by atoms with Gasteiger partial charge in [-0.25, -0.2) is 0 Å². The number of carboxylic acid groups (broad SMARTS) is 1. The largest absolute Gasteiger partial charge is 0.508 e. The van der Waals surface area contributed by atoms with Crippen LogP contribution in [0.4, 0.5) is 0 Å². The standard InChI is InChI=1S/C61H97N11O15.C30H46N8O5/c1-4-6-8-9-10-11-12-13-14-15-16-17-21-27-52(78)65-49(37-73)58(85)69-48(36-42-28-30-43(77)31-29-42)57(84)72-50(38-74)59(86)67-45(25-7-5-2)54(81)68-46(32-33-53(79)80)55(82)71-51(39-75)60(87)70-47(35-41-23-19-18-20-24-41)56(83)66-44(40(3)76)26-22-34-64-61(62)63;1-18(2)26(27(32)40)37-29(42)24-12-8-14-38(24)30(43)22(11-6-7-13-31)36-25(39)17-35-28(41)23(33-3)15-19-16-34-21-10-5-4-9-20(19)21/h18-20,23-24,28-31,44-51,73-75,77H,4-17,21-22,25-27,32-39H2,1-3H3,(H,65,78)(H,66,83)(H,67,86)(H,68,81)(H,69,85)(H,70,87)(H,71,82)(H,72,84)(H,79,80)(H4,62,63,64);4-5,9-10,16,18,22-24,26,33-34H,6-8,11-15,17,31H2,1-3H3,(H2,32,40)(H,35,41)(H,36,39)(H,37,42)/t44-,45-,46-,47+,48?,49-,50-,51?;22-,23-,24-,26-/m00/s1. The number of benzene rings is 3. The maximum Gasteiger partial charge on any atom is 0.303 e. The zero-order valence-corrected chi connectivity index (χ0v) is 76.1. The fourth-order valence-corrected chi connectivity index (χ4v) is 14.7. The molecule has 1 saturated heterocycles. The van der Waals surface area contributed by atoms with Gasteiger partial charge >= 0.3 is 5.97 Å². The lowest BCUT2D eigenvalue weighted by atomic mass is 10.0. The Morgan fingerprint density at radius 3 is 1.47 bits per heavy atom. The minimum Gasteiger partial charge on any atom is -0.508 e. The van der Waals surface area contributed by atoms with Crippen molar-refractivity contribution in [3.8, 4) is 5.75 Å². The Morgan fingerprint density at radius 1 is 0.485 bits per heavy atom. The Balaban J connectivity index is 0.000000682. The van der Waals surface area contributed by atoms with Crippen LogP contribution < -0.4 is 86.7 Å². The van der Waals surface area contributed by atoms with Gasteiger partial charge in [0.05, 0.1) is 38.4 Å². The summed E-state index contributed by atoms with van der Waals surface area (Å²) in [4.78, 5) is 207. The number of likely N-dealkylation sites (tertiary alicyclic amines) is 1. The van der Waals surface area contributed by atoms with Crippen molar-refractivity contribution in [1.82, 2.24) is 73.7 Å². The number of phenols is 1. The Morgan fingerprint density at radius 2 is 0.954 bits per heavy atom. The molecule has 1 fully saturated rings. The van der Waals surface area contributed by atoms with E-state index in [1.807, 2.05) is 30.5 Å². The summed E-state index contributed by atoms with van der Waals surface area (Å²) in [6.07, 6.45) is 19.1. The SMILES string of the molecule is CCCCCCCCCCCCCCCC(=O)N[C@@H](CO)C(=O)NC(Cc1ccc(O)cc1)C(=O)N[C@@H](CO)C(=O)N[C@@H](CCCC)C(=O)N[C@@H](CCC(=O)O)C(=O)NC(CO)C(=O)N[C@H](Cc1ccccc1)C(=O)N[C@@H](CCCN=C(N)N)C(C)=O.CN[C@@H](Cc1c[nH]c2ccccc12)C(=O)NCC(=O)N[C@@H](CCCCN)C(=O)N1CCC[C@H]1C(=O)N[C@H](C(N)=O)C(C)C. The van der Waals surface area contributed by atoms with E-state index in [-0.39, 0.29) is 74.6 Å². The van der Waals surface area contributed by atoms with Crippen LogP contribution in [0.25, 0.3) is 10.9 Å². The predicted octanol–water partition coefficient (Wildman–Crippen LogP) is 0.857. The number of fused-ring (bicyclic) bond motifs is 1. The van der Waals surface area contributed by atoms with Gasteiger partial charge in [0.1, 0.15) is 66.2 Å². The molecule has 0 saturated carbocycles. The smallest absolute Gasteiger partial charge is 0.303 e. The quantitative estimate of drug-likeness (QED) is 0.0166. The number of hydrogen-bond donors (Lipinski definition) is 22. The van der Waals surface area contributed by atoms with E-state index in [0.717, 1.165) is 42.1 Å². The topological polar surface area (TPSA) is 637 Å². The van der Waals surface area contributed by atoms with E-state index in [4.69, 9.17) is 22.9 Å². The molecule has 2 unspecified atom stereocenters. The van der Waals surface area contributed by atoms with Gasteiger partial charge in [-0.1, -0.05) is 178 Å². The van der Waals surface area contributed by atoms with Crippen molar-refractivity contribution in [2.24, 2.45) is 33.8 Å². The summed E-state index contributed by atoms with van der Waals surface area (Å²) in [5.74, 6) is -12.1. The molecule has 0 spiro atoms. The number of H-pyrrole nitrogens is 1. The first kappa shape index (κ1) is 111. The second-order valence-electron chi connectivity index (χ2n) is 33.1. The van der Waals surface area contributed by atoms with Crippen molar-refractivity contribution in [2.45, 2.75) is 293 Å². The summed E-state index contributed by atoms with van der Waals surface area (Å²) in [6, 6.07) is 6.72. The van der Waals surface area contributed by atoms with Gasteiger partial charge in [0.25, 0.3) is 0 Å². The normalized spacial score (nSPS) is 14.8. The molecule has 39 nitrogen and oxygen atoms in total. The van der Waals surface area contributed by atoms with E-state index in [9.17, 15) is 97.5 Å². The number of nitrogens with one attached hydrogen (secondary N) is 13. The number of unbranched alkanes of at least 4 members (excludes halogenated alkanes) is 14. The number of carboxylic acids is 1. The number of ketones is 1. The molecular formula is C91H143N19O20. The third kappa shape index (κ3) is 41.4. The molecular weight excluding hydrogens is 1680 g/mol. The molecule has 1 aliphatic rings. The highest BCUT2D eigenvalue weighted by atomic mass is 16.4.